The van der Waals surface area contributed by atoms with Gasteiger partial charge in [0.05, 0.1) is 30.0 Å². The van der Waals surface area contributed by atoms with E-state index in [1.54, 1.807) is 18.4 Å². The van der Waals surface area contributed by atoms with Crippen LogP contribution in [0, 0.1) is 13.8 Å². The molecular weight excluding hydrogens is 372 g/mol. The van der Waals surface area contributed by atoms with Gasteiger partial charge >= 0.3 is 0 Å². The van der Waals surface area contributed by atoms with Crippen LogP contribution in [-0.2, 0) is 29.2 Å². The predicted octanol–water partition coefficient (Wildman–Crippen LogP) is 3.32. The molecule has 2 aromatic rings. The molecular formula is C21H30N4O2S. The molecule has 0 aliphatic carbocycles. The predicted molar refractivity (Wildman–Crippen MR) is 114 cm³/mol. The van der Waals surface area contributed by atoms with Crippen LogP contribution in [0.1, 0.15) is 39.5 Å². The van der Waals surface area contributed by atoms with Crippen molar-refractivity contribution in [1.29, 1.82) is 0 Å². The number of nitrogens with one attached hydrogen (secondary N) is 2. The molecule has 2 N–H and O–H groups in total. The molecule has 7 heteroatoms. The van der Waals surface area contributed by atoms with Crippen LogP contribution in [0.15, 0.2) is 29.3 Å². The van der Waals surface area contributed by atoms with E-state index >= 15 is 0 Å². The Kier molecular flexibility index (Phi) is 7.82. The van der Waals surface area contributed by atoms with Gasteiger partial charge in [0.25, 0.3) is 0 Å². The quantitative estimate of drug-likeness (QED) is 0.549. The summed E-state index contributed by atoms with van der Waals surface area (Å²) in [6.07, 6.45) is 2.29. The van der Waals surface area contributed by atoms with Gasteiger partial charge in [0.1, 0.15) is 0 Å². The highest BCUT2D eigenvalue weighted by Gasteiger charge is 2.14. The van der Waals surface area contributed by atoms with Gasteiger partial charge in [0, 0.05) is 31.7 Å². The van der Waals surface area contributed by atoms with Gasteiger partial charge in [-0.1, -0.05) is 24.3 Å². The standard InChI is InChI=1S/C21H30N4O2S/c1-15-20(28-16(2)25-15)13-24-21(22-3)23-12-17-5-4-6-18(11-17)14-27-19-7-9-26-10-8-19/h4-6,11,19H,7-10,12-14H2,1-3H3,(H2,22,23,24). The van der Waals surface area contributed by atoms with Crippen LogP contribution >= 0.6 is 11.3 Å². The van der Waals surface area contributed by atoms with E-state index in [4.69, 9.17) is 9.47 Å². The zero-order chi connectivity index (χ0) is 19.8. The molecule has 0 spiro atoms. The van der Waals surface area contributed by atoms with E-state index in [1.807, 2.05) is 13.8 Å². The minimum atomic E-state index is 0.317. The molecule has 1 aliphatic heterocycles. The van der Waals surface area contributed by atoms with Crippen molar-refractivity contribution in [3.63, 3.8) is 0 Å². The molecule has 1 aliphatic rings. The van der Waals surface area contributed by atoms with Crippen molar-refractivity contribution in [3.8, 4) is 0 Å². The largest absolute Gasteiger partial charge is 0.381 e. The van der Waals surface area contributed by atoms with Crippen molar-refractivity contribution in [3.05, 3.63) is 51.0 Å². The van der Waals surface area contributed by atoms with Crippen LogP contribution in [0.25, 0.3) is 0 Å². The maximum absolute atomic E-state index is 6.03. The first-order valence-electron chi connectivity index (χ1n) is 9.78. The highest BCUT2D eigenvalue weighted by Crippen LogP contribution is 2.17. The van der Waals surface area contributed by atoms with Gasteiger partial charge in [0.15, 0.2) is 5.96 Å². The van der Waals surface area contributed by atoms with Crippen molar-refractivity contribution in [2.24, 2.45) is 4.99 Å². The van der Waals surface area contributed by atoms with Crippen LogP contribution in [0.5, 0.6) is 0 Å². The zero-order valence-electron chi connectivity index (χ0n) is 17.0. The lowest BCUT2D eigenvalue weighted by Gasteiger charge is -2.22. The number of thiazole rings is 1. The first-order valence-corrected chi connectivity index (χ1v) is 10.6. The Balaban J connectivity index is 1.46. The van der Waals surface area contributed by atoms with Crippen molar-refractivity contribution >= 4 is 17.3 Å². The van der Waals surface area contributed by atoms with Gasteiger partial charge < -0.3 is 20.1 Å². The molecule has 1 fully saturated rings. The highest BCUT2D eigenvalue weighted by atomic mass is 32.1. The van der Waals surface area contributed by atoms with Gasteiger partial charge in [-0.3, -0.25) is 4.99 Å². The molecule has 0 amide bonds. The summed E-state index contributed by atoms with van der Waals surface area (Å²) in [4.78, 5) is 10.0. The first kappa shape index (κ1) is 20.8. The normalized spacial score (nSPS) is 15.6. The van der Waals surface area contributed by atoms with E-state index < -0.39 is 0 Å². The summed E-state index contributed by atoms with van der Waals surface area (Å²) in [5.74, 6) is 0.786. The second kappa shape index (κ2) is 10.5. The van der Waals surface area contributed by atoms with E-state index in [0.29, 0.717) is 19.3 Å². The molecule has 0 saturated carbocycles. The summed E-state index contributed by atoms with van der Waals surface area (Å²) >= 11 is 1.72. The summed E-state index contributed by atoms with van der Waals surface area (Å²) in [6.45, 7) is 7.79. The number of guanidine groups is 1. The number of ether oxygens (including phenoxy) is 2. The number of aryl methyl sites for hydroxylation is 2. The summed E-state index contributed by atoms with van der Waals surface area (Å²) in [5.41, 5.74) is 3.49. The maximum Gasteiger partial charge on any atom is 0.191 e. The molecule has 2 heterocycles. The van der Waals surface area contributed by atoms with Gasteiger partial charge in [-0.25, -0.2) is 4.98 Å². The minimum absolute atomic E-state index is 0.317. The summed E-state index contributed by atoms with van der Waals surface area (Å²) in [6, 6.07) is 8.51. The van der Waals surface area contributed by atoms with E-state index in [1.165, 1.54) is 16.0 Å². The Morgan fingerprint density at radius 3 is 2.68 bits per heavy atom. The Labute approximate surface area is 171 Å². The summed E-state index contributed by atoms with van der Waals surface area (Å²) in [7, 11) is 1.79. The molecule has 0 unspecified atom stereocenters. The Hall–Kier alpha value is -1.96. The fraction of sp³-hybridized carbons (Fsp3) is 0.524. The lowest BCUT2D eigenvalue weighted by molar-refractivity contribution is -0.0390. The number of nitrogens with zero attached hydrogens (tertiary/aromatic N) is 2. The SMILES string of the molecule is CN=C(NCc1cccc(COC2CCOCC2)c1)NCc1sc(C)nc1C. The van der Waals surface area contributed by atoms with Crippen molar-refractivity contribution < 1.29 is 9.47 Å². The average molecular weight is 403 g/mol. The Bertz CT molecular complexity index is 784. The van der Waals surface area contributed by atoms with Crippen molar-refractivity contribution in [2.45, 2.75) is 52.5 Å². The van der Waals surface area contributed by atoms with E-state index in [2.05, 4.69) is 44.9 Å². The zero-order valence-corrected chi connectivity index (χ0v) is 17.8. The van der Waals surface area contributed by atoms with E-state index in [-0.39, 0.29) is 0 Å². The summed E-state index contributed by atoms with van der Waals surface area (Å²) in [5, 5.41) is 7.84. The molecule has 152 valence electrons. The number of hydrogen-bond acceptors (Lipinski definition) is 5. The molecule has 1 saturated heterocycles. The molecule has 3 rings (SSSR count). The lowest BCUT2D eigenvalue weighted by Crippen LogP contribution is -2.36. The van der Waals surface area contributed by atoms with Gasteiger partial charge in [0.2, 0.25) is 0 Å². The van der Waals surface area contributed by atoms with Crippen molar-refractivity contribution in [1.82, 2.24) is 15.6 Å². The maximum atomic E-state index is 6.03. The van der Waals surface area contributed by atoms with Crippen LogP contribution in [0.3, 0.4) is 0 Å². The van der Waals surface area contributed by atoms with E-state index in [0.717, 1.165) is 49.3 Å². The molecule has 6 nitrogen and oxygen atoms in total. The second-order valence-corrected chi connectivity index (χ2v) is 8.25. The highest BCUT2D eigenvalue weighted by molar-refractivity contribution is 7.11. The first-order chi connectivity index (χ1) is 13.6. The Morgan fingerprint density at radius 2 is 1.96 bits per heavy atom. The van der Waals surface area contributed by atoms with Gasteiger partial charge in [-0.15, -0.1) is 11.3 Å². The fourth-order valence-corrected chi connectivity index (χ4v) is 4.07. The third kappa shape index (κ3) is 6.29. The average Bonchev–Trinajstić information content (AvgIpc) is 3.04. The Morgan fingerprint density at radius 1 is 1.21 bits per heavy atom. The van der Waals surface area contributed by atoms with E-state index in [9.17, 15) is 0 Å². The third-order valence-corrected chi connectivity index (χ3v) is 5.82. The summed E-state index contributed by atoms with van der Waals surface area (Å²) < 4.78 is 11.4. The third-order valence-electron chi connectivity index (χ3n) is 4.74. The minimum Gasteiger partial charge on any atom is -0.381 e. The molecule has 0 atom stereocenters. The monoisotopic (exact) mass is 402 g/mol. The molecule has 28 heavy (non-hydrogen) atoms. The molecule has 1 aromatic heterocycles. The van der Waals surface area contributed by atoms with Crippen LogP contribution in [-0.4, -0.2) is 37.3 Å². The number of hydrogen-bond donors (Lipinski definition) is 2. The number of aliphatic imine (C=N–C) groups is 1. The van der Waals surface area contributed by atoms with Crippen LogP contribution in [0.4, 0.5) is 0 Å². The van der Waals surface area contributed by atoms with Gasteiger partial charge in [-0.05, 0) is 37.8 Å². The number of aromatic nitrogens is 1. The molecule has 0 radical (unpaired) electrons. The van der Waals surface area contributed by atoms with Crippen LogP contribution < -0.4 is 10.6 Å². The number of rotatable bonds is 7. The van der Waals surface area contributed by atoms with Crippen molar-refractivity contribution in [2.75, 3.05) is 20.3 Å². The molecule has 0 bridgehead atoms. The lowest BCUT2D eigenvalue weighted by atomic mass is 10.1. The number of benzene rings is 1. The molecule has 1 aromatic carbocycles. The second-order valence-electron chi connectivity index (χ2n) is 6.96. The topological polar surface area (TPSA) is 67.8 Å². The fourth-order valence-electron chi connectivity index (χ4n) is 3.19. The van der Waals surface area contributed by atoms with Gasteiger partial charge in [-0.2, -0.15) is 0 Å². The smallest absolute Gasteiger partial charge is 0.191 e. The van der Waals surface area contributed by atoms with Crippen LogP contribution in [0.2, 0.25) is 0 Å².